The number of hydrogen-bond acceptors (Lipinski definition) is 5. The number of anilines is 1. The van der Waals surface area contributed by atoms with Gasteiger partial charge in [-0.15, -0.1) is 11.3 Å². The van der Waals surface area contributed by atoms with Crippen molar-refractivity contribution in [3.05, 3.63) is 17.3 Å². The van der Waals surface area contributed by atoms with Crippen molar-refractivity contribution >= 4 is 27.4 Å². The van der Waals surface area contributed by atoms with Crippen molar-refractivity contribution in [2.45, 2.75) is 19.5 Å². The average molecular weight is 305 g/mol. The van der Waals surface area contributed by atoms with Gasteiger partial charge in [0.1, 0.15) is 23.6 Å². The molecule has 2 heterocycles. The number of nitrogens with zero attached hydrogens (tertiary/aromatic N) is 2. The van der Waals surface area contributed by atoms with Crippen LogP contribution in [-0.2, 0) is 4.74 Å². The van der Waals surface area contributed by atoms with Crippen LogP contribution in [0.1, 0.15) is 11.3 Å². The van der Waals surface area contributed by atoms with E-state index in [1.54, 1.807) is 11.3 Å². The molecule has 0 atom stereocenters. The predicted molar refractivity (Wildman–Crippen MR) is 72.1 cm³/mol. The van der Waals surface area contributed by atoms with Gasteiger partial charge in [0, 0.05) is 18.0 Å². The second-order valence-electron chi connectivity index (χ2n) is 4.25. The van der Waals surface area contributed by atoms with Crippen LogP contribution in [0.5, 0.6) is 0 Å². The van der Waals surface area contributed by atoms with Gasteiger partial charge >= 0.3 is 6.18 Å². The summed E-state index contributed by atoms with van der Waals surface area (Å²) in [5.41, 5.74) is 0. The molecule has 20 heavy (non-hydrogen) atoms. The molecule has 2 aromatic rings. The molecule has 0 amide bonds. The van der Waals surface area contributed by atoms with Crippen LogP contribution in [0.25, 0.3) is 10.2 Å². The van der Waals surface area contributed by atoms with Gasteiger partial charge in [0.25, 0.3) is 0 Å². The van der Waals surface area contributed by atoms with E-state index in [0.29, 0.717) is 18.8 Å². The lowest BCUT2D eigenvalue weighted by atomic mass is 10.3. The van der Waals surface area contributed by atoms with E-state index in [9.17, 15) is 13.2 Å². The van der Waals surface area contributed by atoms with Crippen molar-refractivity contribution in [1.82, 2.24) is 9.97 Å². The number of alkyl halides is 3. The first-order chi connectivity index (χ1) is 9.46. The maximum atomic E-state index is 11.9. The molecule has 0 spiro atoms. The van der Waals surface area contributed by atoms with Crippen molar-refractivity contribution < 1.29 is 17.9 Å². The minimum Gasteiger partial charge on any atom is -0.372 e. The van der Waals surface area contributed by atoms with Gasteiger partial charge in [-0.2, -0.15) is 13.2 Å². The van der Waals surface area contributed by atoms with E-state index in [0.717, 1.165) is 15.1 Å². The highest BCUT2D eigenvalue weighted by Crippen LogP contribution is 2.27. The third-order valence-corrected chi connectivity index (χ3v) is 3.43. The Hall–Kier alpha value is -1.41. The summed E-state index contributed by atoms with van der Waals surface area (Å²) in [4.78, 5) is 10.3. The molecule has 2 aromatic heterocycles. The third kappa shape index (κ3) is 4.31. The molecule has 0 aliphatic rings. The van der Waals surface area contributed by atoms with Gasteiger partial charge in [-0.05, 0) is 19.4 Å². The Morgan fingerprint density at radius 1 is 1.35 bits per heavy atom. The Morgan fingerprint density at radius 3 is 2.90 bits per heavy atom. The van der Waals surface area contributed by atoms with E-state index in [2.05, 4.69) is 20.0 Å². The molecule has 0 fully saturated rings. The normalized spacial score (nSPS) is 12.0. The van der Waals surface area contributed by atoms with Crippen LogP contribution in [0.4, 0.5) is 19.0 Å². The molecule has 0 aromatic carbocycles. The summed E-state index contributed by atoms with van der Waals surface area (Å²) < 4.78 is 40.1. The number of aryl methyl sites for hydroxylation is 1. The predicted octanol–water partition coefficient (Wildman–Crippen LogP) is 3.38. The zero-order valence-electron chi connectivity index (χ0n) is 10.8. The Labute approximate surface area is 118 Å². The van der Waals surface area contributed by atoms with Gasteiger partial charge in [-0.25, -0.2) is 9.97 Å². The molecule has 1 N–H and O–H groups in total. The molecule has 4 nitrogen and oxygen atoms in total. The molecular formula is C12H14F3N3OS. The SMILES string of the molecule is Cc1cc2c(NCCCOCC(F)(F)F)ncnc2s1. The largest absolute Gasteiger partial charge is 0.411 e. The van der Waals surface area contributed by atoms with Gasteiger partial charge in [-0.3, -0.25) is 0 Å². The minimum absolute atomic E-state index is 0.0589. The maximum Gasteiger partial charge on any atom is 0.411 e. The topological polar surface area (TPSA) is 47.0 Å². The second-order valence-corrected chi connectivity index (χ2v) is 5.48. The summed E-state index contributed by atoms with van der Waals surface area (Å²) >= 11 is 1.58. The molecule has 0 saturated carbocycles. The summed E-state index contributed by atoms with van der Waals surface area (Å²) in [6, 6.07) is 1.99. The highest BCUT2D eigenvalue weighted by molar-refractivity contribution is 7.18. The number of thiophene rings is 1. The van der Waals surface area contributed by atoms with Gasteiger partial charge < -0.3 is 10.1 Å². The standard InChI is InChI=1S/C12H14F3N3OS/c1-8-5-9-10(17-7-18-11(9)20-8)16-3-2-4-19-6-12(13,14)15/h5,7H,2-4,6H2,1H3,(H,16,17,18). The fraction of sp³-hybridized carbons (Fsp3) is 0.500. The third-order valence-electron chi connectivity index (χ3n) is 2.48. The molecule has 0 aliphatic carbocycles. The number of rotatable bonds is 6. The molecule has 2 rings (SSSR count). The van der Waals surface area contributed by atoms with Gasteiger partial charge in [0.2, 0.25) is 0 Å². The zero-order valence-corrected chi connectivity index (χ0v) is 11.6. The zero-order chi connectivity index (χ0) is 14.6. The second kappa shape index (κ2) is 6.36. The van der Waals surface area contributed by atoms with Gasteiger partial charge in [0.15, 0.2) is 0 Å². The molecule has 0 radical (unpaired) electrons. The fourth-order valence-corrected chi connectivity index (χ4v) is 2.53. The first kappa shape index (κ1) is 15.0. The number of fused-ring (bicyclic) bond motifs is 1. The van der Waals surface area contributed by atoms with Crippen molar-refractivity contribution in [3.63, 3.8) is 0 Å². The van der Waals surface area contributed by atoms with E-state index in [1.807, 2.05) is 13.0 Å². The summed E-state index contributed by atoms with van der Waals surface area (Å²) in [6.45, 7) is 1.35. The molecule has 0 aliphatic heterocycles. The van der Waals surface area contributed by atoms with Crippen molar-refractivity contribution in [2.24, 2.45) is 0 Å². The van der Waals surface area contributed by atoms with E-state index >= 15 is 0 Å². The van der Waals surface area contributed by atoms with Crippen LogP contribution in [0.2, 0.25) is 0 Å². The summed E-state index contributed by atoms with van der Waals surface area (Å²) in [6.07, 6.45) is -2.31. The van der Waals surface area contributed by atoms with E-state index in [1.165, 1.54) is 6.33 Å². The Balaban J connectivity index is 1.79. The summed E-state index contributed by atoms with van der Waals surface area (Å²) in [7, 11) is 0. The van der Waals surface area contributed by atoms with Crippen molar-refractivity contribution in [2.75, 3.05) is 25.1 Å². The van der Waals surface area contributed by atoms with Crippen LogP contribution in [0, 0.1) is 6.92 Å². The summed E-state index contributed by atoms with van der Waals surface area (Å²) in [5, 5.41) is 4.03. The molecule has 0 saturated heterocycles. The van der Waals surface area contributed by atoms with Crippen LogP contribution in [-0.4, -0.2) is 35.9 Å². The van der Waals surface area contributed by atoms with E-state index in [4.69, 9.17) is 0 Å². The minimum atomic E-state index is -4.26. The number of aromatic nitrogens is 2. The number of hydrogen-bond donors (Lipinski definition) is 1. The Morgan fingerprint density at radius 2 is 2.15 bits per heavy atom. The molecule has 0 unspecified atom stereocenters. The fourth-order valence-electron chi connectivity index (χ4n) is 1.69. The van der Waals surface area contributed by atoms with E-state index in [-0.39, 0.29) is 6.61 Å². The van der Waals surface area contributed by atoms with Crippen molar-refractivity contribution in [3.8, 4) is 0 Å². The first-order valence-corrected chi connectivity index (χ1v) is 6.87. The van der Waals surface area contributed by atoms with Crippen LogP contribution >= 0.6 is 11.3 Å². The molecule has 110 valence electrons. The smallest absolute Gasteiger partial charge is 0.372 e. The van der Waals surface area contributed by atoms with E-state index < -0.39 is 12.8 Å². The maximum absolute atomic E-state index is 11.9. The monoisotopic (exact) mass is 305 g/mol. The lowest BCUT2D eigenvalue weighted by molar-refractivity contribution is -0.173. The van der Waals surface area contributed by atoms with Gasteiger partial charge in [0.05, 0.1) is 5.39 Å². The Kier molecular flexibility index (Phi) is 4.77. The van der Waals surface area contributed by atoms with Crippen LogP contribution in [0.15, 0.2) is 12.4 Å². The number of nitrogens with one attached hydrogen (secondary N) is 1. The van der Waals surface area contributed by atoms with Crippen LogP contribution in [0.3, 0.4) is 0 Å². The van der Waals surface area contributed by atoms with Crippen molar-refractivity contribution in [1.29, 1.82) is 0 Å². The lowest BCUT2D eigenvalue weighted by Crippen LogP contribution is -2.18. The number of halogens is 3. The first-order valence-electron chi connectivity index (χ1n) is 6.05. The molecule has 0 bridgehead atoms. The highest BCUT2D eigenvalue weighted by atomic mass is 32.1. The van der Waals surface area contributed by atoms with Crippen LogP contribution < -0.4 is 5.32 Å². The quantitative estimate of drug-likeness (QED) is 0.831. The summed E-state index contributed by atoms with van der Waals surface area (Å²) in [5.74, 6) is 0.704. The Bertz CT molecular complexity index is 571. The molecule has 8 heteroatoms. The lowest BCUT2D eigenvalue weighted by Gasteiger charge is -2.08. The average Bonchev–Trinajstić information content (AvgIpc) is 2.73. The number of ether oxygens (including phenoxy) is 1. The highest BCUT2D eigenvalue weighted by Gasteiger charge is 2.27. The molecular weight excluding hydrogens is 291 g/mol. The van der Waals surface area contributed by atoms with Gasteiger partial charge in [-0.1, -0.05) is 0 Å².